The smallest absolute Gasteiger partial charge is 0.140 e. The van der Waals surface area contributed by atoms with Gasteiger partial charge in [-0.3, -0.25) is 0 Å². The number of nitrogen functional groups attached to an aromatic ring is 1. The summed E-state index contributed by atoms with van der Waals surface area (Å²) in [5.41, 5.74) is 8.47. The molecular weight excluding hydrogens is 242 g/mol. The van der Waals surface area contributed by atoms with E-state index in [1.54, 1.807) is 6.20 Å². The SMILES string of the molecule is C=C(C)CNc1ncc(N)c(C)c1Br. The van der Waals surface area contributed by atoms with Crippen molar-refractivity contribution in [1.29, 1.82) is 0 Å². The lowest BCUT2D eigenvalue weighted by Crippen LogP contribution is -2.06. The zero-order chi connectivity index (χ0) is 10.7. The van der Waals surface area contributed by atoms with Crippen LogP contribution in [0.1, 0.15) is 12.5 Å². The van der Waals surface area contributed by atoms with Crippen LogP contribution in [0.4, 0.5) is 11.5 Å². The summed E-state index contributed by atoms with van der Waals surface area (Å²) >= 11 is 3.45. The molecule has 3 nitrogen and oxygen atoms in total. The Morgan fingerprint density at radius 1 is 1.71 bits per heavy atom. The predicted octanol–water partition coefficient (Wildman–Crippen LogP) is 2.72. The van der Waals surface area contributed by atoms with Crippen molar-refractivity contribution < 1.29 is 0 Å². The van der Waals surface area contributed by atoms with Gasteiger partial charge in [0.1, 0.15) is 5.82 Å². The zero-order valence-corrected chi connectivity index (χ0v) is 9.98. The number of nitrogens with two attached hydrogens (primary N) is 1. The largest absolute Gasteiger partial charge is 0.397 e. The molecule has 1 aromatic heterocycles. The minimum Gasteiger partial charge on any atom is -0.397 e. The Morgan fingerprint density at radius 2 is 2.36 bits per heavy atom. The quantitative estimate of drug-likeness (QED) is 0.817. The molecule has 3 N–H and O–H groups in total. The van der Waals surface area contributed by atoms with Gasteiger partial charge in [-0.1, -0.05) is 12.2 Å². The van der Waals surface area contributed by atoms with E-state index in [0.717, 1.165) is 28.0 Å². The van der Waals surface area contributed by atoms with Gasteiger partial charge in [-0.2, -0.15) is 0 Å². The van der Waals surface area contributed by atoms with Gasteiger partial charge in [0.2, 0.25) is 0 Å². The van der Waals surface area contributed by atoms with Crippen LogP contribution in [0.15, 0.2) is 22.8 Å². The predicted molar refractivity (Wildman–Crippen MR) is 64.4 cm³/mol. The zero-order valence-electron chi connectivity index (χ0n) is 8.39. The van der Waals surface area contributed by atoms with Gasteiger partial charge in [-0.25, -0.2) is 4.98 Å². The van der Waals surface area contributed by atoms with Crippen molar-refractivity contribution in [2.24, 2.45) is 0 Å². The van der Waals surface area contributed by atoms with Crippen molar-refractivity contribution in [1.82, 2.24) is 4.98 Å². The summed E-state index contributed by atoms with van der Waals surface area (Å²) in [4.78, 5) is 4.19. The molecule has 0 aromatic carbocycles. The molecule has 0 saturated carbocycles. The molecule has 0 aliphatic rings. The fourth-order valence-electron chi connectivity index (χ4n) is 0.950. The van der Waals surface area contributed by atoms with Gasteiger partial charge < -0.3 is 11.1 Å². The van der Waals surface area contributed by atoms with Crippen molar-refractivity contribution in [3.8, 4) is 0 Å². The maximum Gasteiger partial charge on any atom is 0.140 e. The Kier molecular flexibility index (Phi) is 3.52. The number of pyridine rings is 1. The molecule has 14 heavy (non-hydrogen) atoms. The van der Waals surface area contributed by atoms with E-state index >= 15 is 0 Å². The molecule has 0 aliphatic heterocycles. The minimum absolute atomic E-state index is 0.692. The van der Waals surface area contributed by atoms with E-state index in [1.807, 2.05) is 13.8 Å². The molecule has 0 fully saturated rings. The monoisotopic (exact) mass is 255 g/mol. The average Bonchev–Trinajstić information content (AvgIpc) is 2.13. The number of anilines is 2. The fourth-order valence-corrected chi connectivity index (χ4v) is 1.42. The first-order valence-electron chi connectivity index (χ1n) is 4.31. The van der Waals surface area contributed by atoms with E-state index in [2.05, 4.69) is 32.8 Å². The summed E-state index contributed by atoms with van der Waals surface area (Å²) in [7, 11) is 0. The highest BCUT2D eigenvalue weighted by atomic mass is 79.9. The molecule has 0 amide bonds. The third kappa shape index (κ3) is 2.48. The molecule has 0 aliphatic carbocycles. The van der Waals surface area contributed by atoms with Gasteiger partial charge in [0.05, 0.1) is 16.4 Å². The molecular formula is C10H14BrN3. The van der Waals surface area contributed by atoms with Gasteiger partial charge in [0.25, 0.3) is 0 Å². The van der Waals surface area contributed by atoms with E-state index < -0.39 is 0 Å². The van der Waals surface area contributed by atoms with E-state index in [9.17, 15) is 0 Å². The summed E-state index contributed by atoms with van der Waals surface area (Å²) < 4.78 is 0.916. The normalized spacial score (nSPS) is 9.93. The molecule has 1 rings (SSSR count). The van der Waals surface area contributed by atoms with E-state index in [1.165, 1.54) is 0 Å². The van der Waals surface area contributed by atoms with E-state index in [4.69, 9.17) is 5.73 Å². The lowest BCUT2D eigenvalue weighted by atomic mass is 10.2. The number of rotatable bonds is 3. The summed E-state index contributed by atoms with van der Waals surface area (Å²) in [6, 6.07) is 0. The molecule has 0 bridgehead atoms. The number of aromatic nitrogens is 1. The van der Waals surface area contributed by atoms with E-state index in [0.29, 0.717) is 5.69 Å². The van der Waals surface area contributed by atoms with Crippen LogP contribution >= 0.6 is 15.9 Å². The van der Waals surface area contributed by atoms with Crippen molar-refractivity contribution in [3.05, 3.63) is 28.4 Å². The molecule has 0 spiro atoms. The molecule has 0 atom stereocenters. The topological polar surface area (TPSA) is 50.9 Å². The highest BCUT2D eigenvalue weighted by Gasteiger charge is 2.06. The van der Waals surface area contributed by atoms with Gasteiger partial charge in [0, 0.05) is 6.54 Å². The summed E-state index contributed by atoms with van der Waals surface area (Å²) in [5, 5.41) is 3.17. The van der Waals surface area contributed by atoms with Crippen LogP contribution in [-0.2, 0) is 0 Å². The number of nitrogens with zero attached hydrogens (tertiary/aromatic N) is 1. The van der Waals surface area contributed by atoms with Crippen LogP contribution in [0.25, 0.3) is 0 Å². The summed E-state index contributed by atoms with van der Waals surface area (Å²) in [5.74, 6) is 0.805. The number of hydrogen-bond donors (Lipinski definition) is 2. The molecule has 0 radical (unpaired) electrons. The van der Waals surface area contributed by atoms with Crippen molar-refractivity contribution in [2.75, 3.05) is 17.6 Å². The first-order chi connectivity index (χ1) is 6.52. The fraction of sp³-hybridized carbons (Fsp3) is 0.300. The lowest BCUT2D eigenvalue weighted by molar-refractivity contribution is 1.15. The van der Waals surface area contributed by atoms with Crippen LogP contribution in [0.5, 0.6) is 0 Å². The minimum atomic E-state index is 0.692. The molecule has 4 heteroatoms. The van der Waals surface area contributed by atoms with Gasteiger partial charge in [-0.15, -0.1) is 0 Å². The molecule has 0 unspecified atom stereocenters. The maximum atomic E-state index is 5.71. The van der Waals surface area contributed by atoms with Gasteiger partial charge in [0.15, 0.2) is 0 Å². The first-order valence-corrected chi connectivity index (χ1v) is 5.10. The van der Waals surface area contributed by atoms with Gasteiger partial charge in [-0.05, 0) is 35.3 Å². The van der Waals surface area contributed by atoms with Crippen molar-refractivity contribution in [3.63, 3.8) is 0 Å². The Bertz CT molecular complexity index is 361. The summed E-state index contributed by atoms with van der Waals surface area (Å²) in [6.45, 7) is 8.44. The van der Waals surface area contributed by atoms with Crippen LogP contribution in [0, 0.1) is 6.92 Å². The van der Waals surface area contributed by atoms with Crippen LogP contribution in [0.2, 0.25) is 0 Å². The number of nitrogens with one attached hydrogen (secondary N) is 1. The second kappa shape index (κ2) is 4.46. The number of halogens is 1. The Morgan fingerprint density at radius 3 is 2.93 bits per heavy atom. The summed E-state index contributed by atoms with van der Waals surface area (Å²) in [6.07, 6.45) is 1.65. The third-order valence-electron chi connectivity index (χ3n) is 1.86. The van der Waals surface area contributed by atoms with Gasteiger partial charge >= 0.3 is 0 Å². The van der Waals surface area contributed by atoms with Crippen LogP contribution in [0.3, 0.4) is 0 Å². The maximum absolute atomic E-state index is 5.71. The van der Waals surface area contributed by atoms with Crippen LogP contribution in [-0.4, -0.2) is 11.5 Å². The second-order valence-corrected chi connectivity index (χ2v) is 4.10. The van der Waals surface area contributed by atoms with Crippen molar-refractivity contribution in [2.45, 2.75) is 13.8 Å². The first kappa shape index (κ1) is 11.0. The van der Waals surface area contributed by atoms with E-state index in [-0.39, 0.29) is 0 Å². The molecule has 1 heterocycles. The Hall–Kier alpha value is -1.03. The number of hydrogen-bond acceptors (Lipinski definition) is 3. The Labute approximate surface area is 92.5 Å². The average molecular weight is 256 g/mol. The highest BCUT2D eigenvalue weighted by molar-refractivity contribution is 9.10. The lowest BCUT2D eigenvalue weighted by Gasteiger charge is -2.10. The molecule has 76 valence electrons. The standard InChI is InChI=1S/C10H14BrN3/c1-6(2)4-13-10-9(11)7(3)8(12)5-14-10/h5H,1,4,12H2,2-3H3,(H,13,14). The van der Waals surface area contributed by atoms with Crippen molar-refractivity contribution >= 4 is 27.4 Å². The molecule has 0 saturated heterocycles. The molecule has 1 aromatic rings. The Balaban J connectivity index is 2.88. The third-order valence-corrected chi connectivity index (χ3v) is 2.83. The second-order valence-electron chi connectivity index (χ2n) is 3.31. The highest BCUT2D eigenvalue weighted by Crippen LogP contribution is 2.27. The van der Waals surface area contributed by atoms with Crippen LogP contribution < -0.4 is 11.1 Å².